The maximum absolute atomic E-state index is 13.1. The second-order valence-electron chi connectivity index (χ2n) is 3.76. The molecule has 5 heteroatoms. The predicted molar refractivity (Wildman–Crippen MR) is 66.9 cm³/mol. The van der Waals surface area contributed by atoms with Crippen LogP contribution in [0, 0.1) is 12.7 Å². The highest BCUT2D eigenvalue weighted by atomic mass is 35.5. The van der Waals surface area contributed by atoms with Gasteiger partial charge >= 0.3 is 0 Å². The third-order valence-corrected chi connectivity index (χ3v) is 3.91. The van der Waals surface area contributed by atoms with Crippen molar-refractivity contribution in [1.82, 2.24) is 4.98 Å². The van der Waals surface area contributed by atoms with Crippen molar-refractivity contribution in [2.75, 3.05) is 0 Å². The molecule has 0 spiro atoms. The zero-order valence-corrected chi connectivity index (χ0v) is 10.7. The molecule has 0 amide bonds. The van der Waals surface area contributed by atoms with Gasteiger partial charge in [-0.05, 0) is 30.7 Å². The number of aliphatic hydroxyl groups is 1. The highest BCUT2D eigenvalue weighted by Gasteiger charge is 2.15. The molecule has 2 nitrogen and oxygen atoms in total. The van der Waals surface area contributed by atoms with Crippen LogP contribution in [0.2, 0.25) is 5.02 Å². The Bertz CT molecular complexity index is 529. The zero-order chi connectivity index (χ0) is 12.4. The fourth-order valence-electron chi connectivity index (χ4n) is 1.63. The Hall–Kier alpha value is -0.970. The van der Waals surface area contributed by atoms with E-state index in [1.807, 2.05) is 6.92 Å². The number of aryl methyl sites for hydroxylation is 1. The van der Waals surface area contributed by atoms with Crippen molar-refractivity contribution in [1.29, 1.82) is 0 Å². The molecule has 1 unspecified atom stereocenters. The first-order valence-corrected chi connectivity index (χ1v) is 6.35. The van der Waals surface area contributed by atoms with Crippen LogP contribution in [0.15, 0.2) is 23.7 Å². The average molecular weight is 272 g/mol. The lowest BCUT2D eigenvalue weighted by atomic mass is 10.1. The van der Waals surface area contributed by atoms with Crippen LogP contribution in [-0.2, 0) is 6.42 Å². The largest absolute Gasteiger partial charge is 0.387 e. The van der Waals surface area contributed by atoms with Crippen molar-refractivity contribution >= 4 is 22.9 Å². The number of hydrogen-bond acceptors (Lipinski definition) is 3. The Labute approximate surface area is 108 Å². The van der Waals surface area contributed by atoms with Crippen molar-refractivity contribution in [2.24, 2.45) is 0 Å². The molecule has 2 rings (SSSR count). The van der Waals surface area contributed by atoms with Crippen molar-refractivity contribution < 1.29 is 9.50 Å². The molecule has 1 aromatic carbocycles. The summed E-state index contributed by atoms with van der Waals surface area (Å²) in [6.45, 7) is 1.84. The number of aliphatic hydroxyl groups excluding tert-OH is 1. The van der Waals surface area contributed by atoms with Gasteiger partial charge in [-0.25, -0.2) is 9.37 Å². The molecular weight excluding hydrogens is 261 g/mol. The van der Waals surface area contributed by atoms with Gasteiger partial charge in [0.05, 0.1) is 22.2 Å². The normalized spacial score (nSPS) is 12.7. The molecule has 0 aliphatic heterocycles. The van der Waals surface area contributed by atoms with Crippen molar-refractivity contribution in [2.45, 2.75) is 19.4 Å². The highest BCUT2D eigenvalue weighted by molar-refractivity contribution is 7.09. The lowest BCUT2D eigenvalue weighted by molar-refractivity contribution is 0.181. The minimum Gasteiger partial charge on any atom is -0.387 e. The van der Waals surface area contributed by atoms with Gasteiger partial charge in [-0.1, -0.05) is 11.6 Å². The van der Waals surface area contributed by atoms with E-state index in [9.17, 15) is 9.50 Å². The number of aromatic nitrogens is 1. The maximum atomic E-state index is 13.1. The van der Waals surface area contributed by atoms with Gasteiger partial charge in [-0.3, -0.25) is 0 Å². The van der Waals surface area contributed by atoms with Crippen molar-refractivity contribution in [3.05, 3.63) is 50.7 Å². The third-order valence-electron chi connectivity index (χ3n) is 2.51. The van der Waals surface area contributed by atoms with Crippen molar-refractivity contribution in [3.8, 4) is 0 Å². The number of halogens is 2. The molecule has 1 heterocycles. The summed E-state index contributed by atoms with van der Waals surface area (Å²) >= 11 is 7.34. The lowest BCUT2D eigenvalue weighted by Gasteiger charge is -2.10. The van der Waals surface area contributed by atoms with E-state index in [4.69, 9.17) is 11.6 Å². The zero-order valence-electron chi connectivity index (χ0n) is 9.15. The topological polar surface area (TPSA) is 33.1 Å². The van der Waals surface area contributed by atoms with Crippen LogP contribution >= 0.6 is 22.9 Å². The van der Waals surface area contributed by atoms with E-state index < -0.39 is 6.10 Å². The summed E-state index contributed by atoms with van der Waals surface area (Å²) in [7, 11) is 0. The van der Waals surface area contributed by atoms with E-state index in [2.05, 4.69) is 4.98 Å². The summed E-state index contributed by atoms with van der Waals surface area (Å²) in [5.41, 5.74) is 3.09. The molecule has 1 atom stereocenters. The maximum Gasteiger partial charge on any atom is 0.123 e. The van der Waals surface area contributed by atoms with E-state index >= 15 is 0 Å². The Kier molecular flexibility index (Phi) is 3.76. The smallest absolute Gasteiger partial charge is 0.123 e. The average Bonchev–Trinajstić information content (AvgIpc) is 2.70. The minimum absolute atomic E-state index is 0.291. The molecule has 17 heavy (non-hydrogen) atoms. The van der Waals surface area contributed by atoms with Crippen LogP contribution in [0.4, 0.5) is 4.39 Å². The third kappa shape index (κ3) is 2.83. The Morgan fingerprint density at radius 2 is 2.29 bits per heavy atom. The lowest BCUT2D eigenvalue weighted by Crippen LogP contribution is -2.02. The summed E-state index contributed by atoms with van der Waals surface area (Å²) in [5.74, 6) is -0.349. The van der Waals surface area contributed by atoms with Crippen LogP contribution < -0.4 is 0 Å². The second-order valence-corrected chi connectivity index (χ2v) is 5.05. The number of rotatable bonds is 3. The van der Waals surface area contributed by atoms with E-state index in [1.54, 1.807) is 5.51 Å². The van der Waals surface area contributed by atoms with Crippen LogP contribution in [0.5, 0.6) is 0 Å². The number of benzene rings is 1. The van der Waals surface area contributed by atoms with Crippen molar-refractivity contribution in [3.63, 3.8) is 0 Å². The van der Waals surface area contributed by atoms with Gasteiger partial charge in [0.15, 0.2) is 0 Å². The summed E-state index contributed by atoms with van der Waals surface area (Å²) in [4.78, 5) is 4.87. The SMILES string of the molecule is Cc1ncsc1C(O)Cc1cc(F)ccc1Cl. The second kappa shape index (κ2) is 5.12. The summed E-state index contributed by atoms with van der Waals surface area (Å²) in [6, 6.07) is 4.15. The summed E-state index contributed by atoms with van der Waals surface area (Å²) in [5, 5.41) is 10.5. The molecule has 0 saturated heterocycles. The molecule has 1 N–H and O–H groups in total. The van der Waals surface area contributed by atoms with Crippen LogP contribution in [0.1, 0.15) is 22.2 Å². The molecule has 0 saturated carbocycles. The molecule has 0 bridgehead atoms. The van der Waals surface area contributed by atoms with Gasteiger partial charge in [-0.15, -0.1) is 11.3 Å². The van der Waals surface area contributed by atoms with Gasteiger partial charge in [0.1, 0.15) is 5.82 Å². The molecular formula is C12H11ClFNOS. The molecule has 0 aliphatic carbocycles. The monoisotopic (exact) mass is 271 g/mol. The van der Waals surface area contributed by atoms with Gasteiger partial charge in [0.25, 0.3) is 0 Å². The van der Waals surface area contributed by atoms with Gasteiger partial charge in [0.2, 0.25) is 0 Å². The first-order chi connectivity index (χ1) is 8.08. The Morgan fingerprint density at radius 1 is 1.53 bits per heavy atom. The molecule has 2 aromatic rings. The van der Waals surface area contributed by atoms with E-state index in [0.29, 0.717) is 17.0 Å². The molecule has 90 valence electrons. The van der Waals surface area contributed by atoms with Gasteiger partial charge < -0.3 is 5.11 Å². The quantitative estimate of drug-likeness (QED) is 0.927. The van der Waals surface area contributed by atoms with Crippen LogP contribution in [0.25, 0.3) is 0 Å². The predicted octanol–water partition coefficient (Wildman–Crippen LogP) is 3.52. The number of nitrogens with zero attached hydrogens (tertiary/aromatic N) is 1. The molecule has 0 fully saturated rings. The molecule has 1 aromatic heterocycles. The molecule has 0 aliphatic rings. The fraction of sp³-hybridized carbons (Fsp3) is 0.250. The first kappa shape index (κ1) is 12.5. The van der Waals surface area contributed by atoms with E-state index in [0.717, 1.165) is 10.6 Å². The Morgan fingerprint density at radius 3 is 2.94 bits per heavy atom. The van der Waals surface area contributed by atoms with Gasteiger partial charge in [0, 0.05) is 11.4 Å². The number of hydrogen-bond donors (Lipinski definition) is 1. The summed E-state index contributed by atoms with van der Waals surface area (Å²) in [6.07, 6.45) is -0.401. The minimum atomic E-state index is -0.693. The molecule has 0 radical (unpaired) electrons. The van der Waals surface area contributed by atoms with E-state index in [1.165, 1.54) is 29.5 Å². The highest BCUT2D eigenvalue weighted by Crippen LogP contribution is 2.27. The fourth-order valence-corrected chi connectivity index (χ4v) is 2.61. The standard InChI is InChI=1S/C12H11ClFNOS/c1-7-12(17-6-15-7)11(16)5-8-4-9(14)2-3-10(8)13/h2-4,6,11,16H,5H2,1H3. The van der Waals surface area contributed by atoms with Gasteiger partial charge in [-0.2, -0.15) is 0 Å². The van der Waals surface area contributed by atoms with Crippen LogP contribution in [-0.4, -0.2) is 10.1 Å². The number of thiazole rings is 1. The summed E-state index contributed by atoms with van der Waals surface area (Å²) < 4.78 is 13.1. The Balaban J connectivity index is 2.21. The van der Waals surface area contributed by atoms with E-state index in [-0.39, 0.29) is 5.82 Å². The van der Waals surface area contributed by atoms with Crippen LogP contribution in [0.3, 0.4) is 0 Å². The first-order valence-electron chi connectivity index (χ1n) is 5.10.